The Morgan fingerprint density at radius 3 is 3.00 bits per heavy atom. The average molecular weight is 259 g/mol. The van der Waals surface area contributed by atoms with E-state index < -0.39 is 0 Å². The summed E-state index contributed by atoms with van der Waals surface area (Å²) in [6.07, 6.45) is 0.667. The fourth-order valence-corrected chi connectivity index (χ4v) is 1.10. The van der Waals surface area contributed by atoms with Gasteiger partial charge in [0.15, 0.2) is 0 Å². The Balaban J connectivity index is 2.84. The van der Waals surface area contributed by atoms with Gasteiger partial charge in [0, 0.05) is 18.7 Å². The molecule has 0 radical (unpaired) electrons. The molecule has 0 aliphatic heterocycles. The lowest BCUT2D eigenvalue weighted by atomic mass is 10.4. The zero-order valence-corrected chi connectivity index (χ0v) is 9.45. The largest absolute Gasteiger partial charge is 0.480 e. The lowest BCUT2D eigenvalue weighted by molar-refractivity contribution is 0.375. The van der Waals surface area contributed by atoms with Crippen LogP contribution in [-0.2, 0) is 6.54 Å². The lowest BCUT2D eigenvalue weighted by Gasteiger charge is -2.04. The van der Waals surface area contributed by atoms with Crippen LogP contribution >= 0.6 is 15.9 Å². The molecule has 1 heterocycles. The van der Waals surface area contributed by atoms with Gasteiger partial charge in [-0.3, -0.25) is 4.79 Å². The van der Waals surface area contributed by atoms with E-state index in [-0.39, 0.29) is 5.56 Å². The Morgan fingerprint density at radius 2 is 2.43 bits per heavy atom. The number of aryl methyl sites for hydroxylation is 1. The molecule has 1 aromatic rings. The highest BCUT2D eigenvalue weighted by Crippen LogP contribution is 2.07. The van der Waals surface area contributed by atoms with Crippen molar-refractivity contribution in [3.63, 3.8) is 0 Å². The maximum absolute atomic E-state index is 11.3. The second kappa shape index (κ2) is 4.95. The van der Waals surface area contributed by atoms with Crippen LogP contribution in [-0.4, -0.2) is 16.9 Å². The summed E-state index contributed by atoms with van der Waals surface area (Å²) in [6.45, 7) is 4.18. The zero-order chi connectivity index (χ0) is 10.6. The number of hydrogen-bond acceptors (Lipinski definition) is 3. The number of nitrogens with zero attached hydrogens (tertiary/aromatic N) is 2. The molecule has 0 spiro atoms. The fourth-order valence-electron chi connectivity index (χ4n) is 0.926. The Bertz CT molecular complexity index is 387. The molecular formula is C9H11BrN2O2. The molecule has 0 bridgehead atoms. The van der Waals surface area contributed by atoms with E-state index in [0.29, 0.717) is 18.8 Å². The third-order valence-electron chi connectivity index (χ3n) is 1.65. The number of aromatic nitrogens is 2. The summed E-state index contributed by atoms with van der Waals surface area (Å²) >= 11 is 3.22. The second-order valence-corrected chi connectivity index (χ2v) is 3.83. The normalized spacial score (nSPS) is 9.86. The zero-order valence-electron chi connectivity index (χ0n) is 7.86. The molecule has 1 rings (SSSR count). The molecule has 0 aliphatic carbocycles. The first-order valence-corrected chi connectivity index (χ1v) is 4.88. The van der Waals surface area contributed by atoms with Crippen molar-refractivity contribution in [2.24, 2.45) is 0 Å². The van der Waals surface area contributed by atoms with Crippen molar-refractivity contribution >= 4 is 15.9 Å². The Kier molecular flexibility index (Phi) is 3.88. The molecule has 0 fully saturated rings. The topological polar surface area (TPSA) is 44.1 Å². The quantitative estimate of drug-likeness (QED) is 0.824. The Hall–Kier alpha value is -1.10. The van der Waals surface area contributed by atoms with Gasteiger partial charge in [0.25, 0.3) is 5.56 Å². The number of halogens is 1. The number of hydrogen-bond donors (Lipinski definition) is 0. The predicted molar refractivity (Wildman–Crippen MR) is 57.7 cm³/mol. The summed E-state index contributed by atoms with van der Waals surface area (Å²) < 4.78 is 7.11. The summed E-state index contributed by atoms with van der Waals surface area (Å²) in [5, 5.41) is 3.98. The highest BCUT2D eigenvalue weighted by atomic mass is 79.9. The molecule has 76 valence electrons. The van der Waals surface area contributed by atoms with E-state index in [1.165, 1.54) is 17.9 Å². The van der Waals surface area contributed by atoms with Gasteiger partial charge in [0.1, 0.15) is 0 Å². The first kappa shape index (κ1) is 11.0. The molecule has 14 heavy (non-hydrogen) atoms. The van der Waals surface area contributed by atoms with Crippen molar-refractivity contribution in [3.05, 3.63) is 33.5 Å². The van der Waals surface area contributed by atoms with Crippen molar-refractivity contribution in [1.29, 1.82) is 0 Å². The van der Waals surface area contributed by atoms with Gasteiger partial charge in [-0.2, -0.15) is 0 Å². The summed E-state index contributed by atoms with van der Waals surface area (Å²) in [6, 6.07) is 2.98. The van der Waals surface area contributed by atoms with Gasteiger partial charge in [-0.25, -0.2) is 4.68 Å². The van der Waals surface area contributed by atoms with Gasteiger partial charge in [0.05, 0.1) is 7.11 Å². The minimum absolute atomic E-state index is 0.139. The maximum Gasteiger partial charge on any atom is 0.266 e. The van der Waals surface area contributed by atoms with Crippen LogP contribution in [0.1, 0.15) is 6.42 Å². The molecule has 5 heteroatoms. The van der Waals surface area contributed by atoms with E-state index in [9.17, 15) is 4.79 Å². The van der Waals surface area contributed by atoms with Gasteiger partial charge in [-0.15, -0.1) is 5.10 Å². The maximum atomic E-state index is 11.3. The number of methoxy groups -OCH3 is 1. The molecule has 0 saturated carbocycles. The monoisotopic (exact) mass is 258 g/mol. The Morgan fingerprint density at radius 1 is 1.71 bits per heavy atom. The molecule has 0 saturated heterocycles. The highest BCUT2D eigenvalue weighted by Gasteiger charge is 2.00. The number of allylic oxidation sites excluding steroid dienone is 1. The SMILES string of the molecule is C=C(Br)CCn1nc(OC)ccc1=O. The van der Waals surface area contributed by atoms with E-state index >= 15 is 0 Å². The van der Waals surface area contributed by atoms with Crippen molar-refractivity contribution in [3.8, 4) is 5.88 Å². The molecule has 0 aromatic carbocycles. The molecule has 0 atom stereocenters. The van der Waals surface area contributed by atoms with Crippen molar-refractivity contribution < 1.29 is 4.74 Å². The predicted octanol–water partition coefficient (Wildman–Crippen LogP) is 1.55. The van der Waals surface area contributed by atoms with Crippen LogP contribution in [0.2, 0.25) is 0 Å². The van der Waals surface area contributed by atoms with Gasteiger partial charge in [0.2, 0.25) is 5.88 Å². The van der Waals surface area contributed by atoms with Crippen molar-refractivity contribution in [2.75, 3.05) is 7.11 Å². The molecule has 0 unspecified atom stereocenters. The highest BCUT2D eigenvalue weighted by molar-refractivity contribution is 9.11. The van der Waals surface area contributed by atoms with Crippen LogP contribution < -0.4 is 10.3 Å². The molecule has 1 aromatic heterocycles. The standard InChI is InChI=1S/C9H11BrN2O2/c1-7(10)5-6-12-9(13)4-3-8(11-12)14-2/h3-4H,1,5-6H2,2H3. The van der Waals surface area contributed by atoms with Gasteiger partial charge in [-0.1, -0.05) is 22.5 Å². The van der Waals surface area contributed by atoms with Crippen molar-refractivity contribution in [1.82, 2.24) is 9.78 Å². The van der Waals surface area contributed by atoms with Crippen LogP contribution in [0.5, 0.6) is 5.88 Å². The van der Waals surface area contributed by atoms with Gasteiger partial charge in [-0.05, 0) is 10.9 Å². The smallest absolute Gasteiger partial charge is 0.266 e. The minimum atomic E-state index is -0.139. The summed E-state index contributed by atoms with van der Waals surface area (Å²) in [5.74, 6) is 0.435. The van der Waals surface area contributed by atoms with E-state index in [1.807, 2.05) is 0 Å². The van der Waals surface area contributed by atoms with E-state index in [0.717, 1.165) is 4.48 Å². The van der Waals surface area contributed by atoms with Crippen LogP contribution in [0.25, 0.3) is 0 Å². The van der Waals surface area contributed by atoms with Gasteiger partial charge >= 0.3 is 0 Å². The van der Waals surface area contributed by atoms with Crippen LogP contribution in [0.4, 0.5) is 0 Å². The number of ether oxygens (including phenoxy) is 1. The van der Waals surface area contributed by atoms with Crippen LogP contribution in [0.15, 0.2) is 28.0 Å². The van der Waals surface area contributed by atoms with Crippen LogP contribution in [0.3, 0.4) is 0 Å². The first-order valence-electron chi connectivity index (χ1n) is 4.09. The summed E-state index contributed by atoms with van der Waals surface area (Å²) in [5.41, 5.74) is -0.139. The molecule has 0 N–H and O–H groups in total. The second-order valence-electron chi connectivity index (χ2n) is 2.70. The lowest BCUT2D eigenvalue weighted by Crippen LogP contribution is -2.22. The molecular weight excluding hydrogens is 248 g/mol. The third-order valence-corrected chi connectivity index (χ3v) is 2.04. The number of rotatable bonds is 4. The van der Waals surface area contributed by atoms with E-state index in [4.69, 9.17) is 4.74 Å². The minimum Gasteiger partial charge on any atom is -0.480 e. The van der Waals surface area contributed by atoms with E-state index in [1.54, 1.807) is 6.07 Å². The van der Waals surface area contributed by atoms with Crippen LogP contribution in [0, 0.1) is 0 Å². The fraction of sp³-hybridized carbons (Fsp3) is 0.333. The first-order chi connectivity index (χ1) is 6.63. The molecule has 0 aliphatic rings. The summed E-state index contributed by atoms with van der Waals surface area (Å²) in [4.78, 5) is 11.3. The average Bonchev–Trinajstić information content (AvgIpc) is 2.16. The van der Waals surface area contributed by atoms with E-state index in [2.05, 4.69) is 27.6 Å². The Labute approximate surface area is 90.3 Å². The van der Waals surface area contributed by atoms with Gasteiger partial charge < -0.3 is 4.74 Å². The third kappa shape index (κ3) is 2.99. The summed E-state index contributed by atoms with van der Waals surface area (Å²) in [7, 11) is 1.51. The van der Waals surface area contributed by atoms with Crippen molar-refractivity contribution in [2.45, 2.75) is 13.0 Å². The molecule has 0 amide bonds. The molecule has 4 nitrogen and oxygen atoms in total.